The molecule has 1 aliphatic rings. The zero-order valence-corrected chi connectivity index (χ0v) is 10.8. The second-order valence-corrected chi connectivity index (χ2v) is 4.66. The maximum atomic E-state index is 11.7. The molecule has 17 heavy (non-hydrogen) atoms. The Labute approximate surface area is 104 Å². The molecule has 1 amide bonds. The summed E-state index contributed by atoms with van der Waals surface area (Å²) in [5.74, 6) is 0.259. The van der Waals surface area contributed by atoms with Crippen LogP contribution in [0.1, 0.15) is 26.2 Å². The van der Waals surface area contributed by atoms with E-state index in [1.54, 1.807) is 0 Å². The Balaban J connectivity index is 2.23. The average Bonchev–Trinajstić information content (AvgIpc) is 2.30. The SMILES string of the molecule is CCCC(=O)N1CCN(CC(O)CCN)CC1. The minimum absolute atomic E-state index is 0.259. The number of hydrogen-bond acceptors (Lipinski definition) is 4. The van der Waals surface area contributed by atoms with E-state index < -0.39 is 0 Å². The van der Waals surface area contributed by atoms with Gasteiger partial charge in [-0.25, -0.2) is 0 Å². The van der Waals surface area contributed by atoms with Gasteiger partial charge in [0.15, 0.2) is 0 Å². The summed E-state index contributed by atoms with van der Waals surface area (Å²) in [5.41, 5.74) is 5.40. The van der Waals surface area contributed by atoms with Gasteiger partial charge in [0.25, 0.3) is 0 Å². The Morgan fingerprint density at radius 2 is 2.00 bits per heavy atom. The van der Waals surface area contributed by atoms with Crippen LogP contribution in [0.15, 0.2) is 0 Å². The van der Waals surface area contributed by atoms with Gasteiger partial charge in [-0.2, -0.15) is 0 Å². The highest BCUT2D eigenvalue weighted by Gasteiger charge is 2.21. The van der Waals surface area contributed by atoms with Crippen LogP contribution in [0, 0.1) is 0 Å². The van der Waals surface area contributed by atoms with Crippen LogP contribution in [-0.2, 0) is 4.79 Å². The van der Waals surface area contributed by atoms with Crippen LogP contribution >= 0.6 is 0 Å². The van der Waals surface area contributed by atoms with Gasteiger partial charge < -0.3 is 15.7 Å². The molecule has 0 radical (unpaired) electrons. The fourth-order valence-corrected chi connectivity index (χ4v) is 2.13. The Bertz CT molecular complexity index is 228. The molecular formula is C12H25N3O2. The molecule has 1 fully saturated rings. The quantitative estimate of drug-likeness (QED) is 0.668. The normalized spacial score (nSPS) is 19.4. The third-order valence-electron chi connectivity index (χ3n) is 3.16. The van der Waals surface area contributed by atoms with Crippen molar-refractivity contribution in [2.24, 2.45) is 5.73 Å². The third-order valence-corrected chi connectivity index (χ3v) is 3.16. The van der Waals surface area contributed by atoms with Crippen LogP contribution in [0.5, 0.6) is 0 Å². The first-order chi connectivity index (χ1) is 8.17. The maximum absolute atomic E-state index is 11.7. The number of β-amino-alcohol motifs (C(OH)–C–C–N with tert-alkyl or cyclic N) is 1. The molecule has 100 valence electrons. The zero-order valence-electron chi connectivity index (χ0n) is 10.8. The first kappa shape index (κ1) is 14.4. The topological polar surface area (TPSA) is 69.8 Å². The number of nitrogens with two attached hydrogens (primary N) is 1. The molecule has 0 aromatic carbocycles. The standard InChI is InChI=1S/C12H25N3O2/c1-2-3-12(17)15-8-6-14(7-9-15)10-11(16)4-5-13/h11,16H,2-10,13H2,1H3. The molecule has 1 saturated heterocycles. The Morgan fingerprint density at radius 1 is 1.35 bits per heavy atom. The van der Waals surface area contributed by atoms with Crippen LogP contribution in [0.25, 0.3) is 0 Å². The van der Waals surface area contributed by atoms with Crippen molar-refractivity contribution < 1.29 is 9.90 Å². The van der Waals surface area contributed by atoms with Gasteiger partial charge in [0.2, 0.25) is 5.91 Å². The lowest BCUT2D eigenvalue weighted by Crippen LogP contribution is -2.50. The van der Waals surface area contributed by atoms with Gasteiger partial charge in [0.1, 0.15) is 0 Å². The molecule has 3 N–H and O–H groups in total. The van der Waals surface area contributed by atoms with Crippen molar-refractivity contribution in [3.8, 4) is 0 Å². The highest BCUT2D eigenvalue weighted by molar-refractivity contribution is 5.76. The van der Waals surface area contributed by atoms with Gasteiger partial charge in [0.05, 0.1) is 6.10 Å². The van der Waals surface area contributed by atoms with Crippen molar-refractivity contribution in [2.75, 3.05) is 39.3 Å². The maximum Gasteiger partial charge on any atom is 0.222 e. The minimum Gasteiger partial charge on any atom is -0.392 e. The number of carbonyl (C=O) groups excluding carboxylic acids is 1. The largest absolute Gasteiger partial charge is 0.392 e. The fourth-order valence-electron chi connectivity index (χ4n) is 2.13. The van der Waals surface area contributed by atoms with E-state index >= 15 is 0 Å². The van der Waals surface area contributed by atoms with Gasteiger partial charge in [-0.05, 0) is 19.4 Å². The van der Waals surface area contributed by atoms with Crippen molar-refractivity contribution in [2.45, 2.75) is 32.3 Å². The summed E-state index contributed by atoms with van der Waals surface area (Å²) in [5, 5.41) is 9.66. The molecule has 0 aromatic rings. The van der Waals surface area contributed by atoms with E-state index in [1.165, 1.54) is 0 Å². The molecule has 0 aliphatic carbocycles. The highest BCUT2D eigenvalue weighted by atomic mass is 16.3. The number of aliphatic hydroxyl groups excluding tert-OH is 1. The third kappa shape index (κ3) is 5.02. The van der Waals surface area contributed by atoms with Crippen LogP contribution in [0.4, 0.5) is 0 Å². The number of nitrogens with zero attached hydrogens (tertiary/aromatic N) is 2. The Kier molecular flexibility index (Phi) is 6.47. The molecule has 5 heteroatoms. The summed E-state index contributed by atoms with van der Waals surface area (Å²) < 4.78 is 0. The second-order valence-electron chi connectivity index (χ2n) is 4.66. The molecule has 0 aromatic heterocycles. The summed E-state index contributed by atoms with van der Waals surface area (Å²) in [6.07, 6.45) is 1.87. The predicted octanol–water partition coefficient (Wildman–Crippen LogP) is -0.360. The summed E-state index contributed by atoms with van der Waals surface area (Å²) in [6.45, 7) is 6.51. The second kappa shape index (κ2) is 7.63. The molecule has 5 nitrogen and oxygen atoms in total. The number of amides is 1. The fraction of sp³-hybridized carbons (Fsp3) is 0.917. The van der Waals surface area contributed by atoms with Crippen LogP contribution in [-0.4, -0.2) is 66.2 Å². The number of hydrogen-bond donors (Lipinski definition) is 2. The van der Waals surface area contributed by atoms with Crippen molar-refractivity contribution in [1.82, 2.24) is 9.80 Å². The van der Waals surface area contributed by atoms with Crippen molar-refractivity contribution >= 4 is 5.91 Å². The van der Waals surface area contributed by atoms with Crippen LogP contribution in [0.3, 0.4) is 0 Å². The highest BCUT2D eigenvalue weighted by Crippen LogP contribution is 2.06. The lowest BCUT2D eigenvalue weighted by atomic mass is 10.2. The lowest BCUT2D eigenvalue weighted by molar-refractivity contribution is -0.133. The molecule has 0 saturated carbocycles. The number of carbonyl (C=O) groups is 1. The molecule has 1 unspecified atom stereocenters. The van der Waals surface area contributed by atoms with Crippen LogP contribution < -0.4 is 5.73 Å². The van der Waals surface area contributed by atoms with E-state index in [1.807, 2.05) is 11.8 Å². The van der Waals surface area contributed by atoms with Crippen molar-refractivity contribution in [1.29, 1.82) is 0 Å². The molecular weight excluding hydrogens is 218 g/mol. The molecule has 0 spiro atoms. The predicted molar refractivity (Wildman–Crippen MR) is 67.6 cm³/mol. The van der Waals surface area contributed by atoms with E-state index in [4.69, 9.17) is 5.73 Å². The molecule has 0 bridgehead atoms. The van der Waals surface area contributed by atoms with Crippen molar-refractivity contribution in [3.63, 3.8) is 0 Å². The van der Waals surface area contributed by atoms with Gasteiger partial charge in [-0.3, -0.25) is 9.69 Å². The van der Waals surface area contributed by atoms with Gasteiger partial charge >= 0.3 is 0 Å². The number of aliphatic hydroxyl groups is 1. The summed E-state index contributed by atoms with van der Waals surface area (Å²) in [7, 11) is 0. The van der Waals surface area contributed by atoms with E-state index in [0.29, 0.717) is 25.9 Å². The monoisotopic (exact) mass is 243 g/mol. The van der Waals surface area contributed by atoms with Gasteiger partial charge in [-0.15, -0.1) is 0 Å². The van der Waals surface area contributed by atoms with Gasteiger partial charge in [0, 0.05) is 39.1 Å². The van der Waals surface area contributed by atoms with Gasteiger partial charge in [-0.1, -0.05) is 6.92 Å². The average molecular weight is 243 g/mol. The van der Waals surface area contributed by atoms with Crippen LogP contribution in [0.2, 0.25) is 0 Å². The lowest BCUT2D eigenvalue weighted by Gasteiger charge is -2.35. The summed E-state index contributed by atoms with van der Waals surface area (Å²) >= 11 is 0. The first-order valence-corrected chi connectivity index (χ1v) is 6.55. The van der Waals surface area contributed by atoms with E-state index in [9.17, 15) is 9.90 Å². The smallest absolute Gasteiger partial charge is 0.222 e. The summed E-state index contributed by atoms with van der Waals surface area (Å²) in [6, 6.07) is 0. The Morgan fingerprint density at radius 3 is 2.53 bits per heavy atom. The molecule has 1 atom stereocenters. The van der Waals surface area contributed by atoms with E-state index in [0.717, 1.165) is 32.6 Å². The summed E-state index contributed by atoms with van der Waals surface area (Å²) in [4.78, 5) is 15.8. The molecule has 1 heterocycles. The molecule has 1 aliphatic heterocycles. The number of piperazine rings is 1. The Hall–Kier alpha value is -0.650. The minimum atomic E-state index is -0.335. The van der Waals surface area contributed by atoms with E-state index in [2.05, 4.69) is 4.90 Å². The zero-order chi connectivity index (χ0) is 12.7. The molecule has 1 rings (SSSR count). The van der Waals surface area contributed by atoms with E-state index in [-0.39, 0.29) is 12.0 Å². The first-order valence-electron chi connectivity index (χ1n) is 6.55. The van der Waals surface area contributed by atoms with Crippen molar-refractivity contribution in [3.05, 3.63) is 0 Å². The number of rotatable bonds is 6.